The number of hydrogen-bond donors (Lipinski definition) is 1. The average molecular weight is 265 g/mol. The number of halogens is 1. The second-order valence-electron chi connectivity index (χ2n) is 5.63. The van der Waals surface area contributed by atoms with E-state index in [2.05, 4.69) is 6.92 Å². The van der Waals surface area contributed by atoms with Crippen LogP contribution in [0.2, 0.25) is 0 Å². The summed E-state index contributed by atoms with van der Waals surface area (Å²) in [4.78, 5) is 0. The molecule has 2 N–H and O–H groups in total. The Hall–Kier alpha value is -1.13. The van der Waals surface area contributed by atoms with Crippen LogP contribution in [0.1, 0.15) is 44.2 Å². The Morgan fingerprint density at radius 1 is 1.42 bits per heavy atom. The predicted molar refractivity (Wildman–Crippen MR) is 70.6 cm³/mol. The van der Waals surface area contributed by atoms with Gasteiger partial charge in [-0.3, -0.25) is 0 Å². The van der Waals surface area contributed by atoms with Gasteiger partial charge in [0.15, 0.2) is 0 Å². The summed E-state index contributed by atoms with van der Waals surface area (Å²) in [6, 6.07) is 4.55. The molecule has 0 amide bonds. The molecular weight excluding hydrogens is 245 g/mol. The van der Waals surface area contributed by atoms with E-state index in [1.54, 1.807) is 6.07 Å². The molecule has 1 aromatic carbocycles. The number of ether oxygens (including phenoxy) is 2. The van der Waals surface area contributed by atoms with E-state index in [0.29, 0.717) is 12.4 Å². The lowest BCUT2D eigenvalue weighted by atomic mass is 9.80. The van der Waals surface area contributed by atoms with E-state index in [-0.39, 0.29) is 23.6 Å². The maximum atomic E-state index is 13.4. The van der Waals surface area contributed by atoms with Gasteiger partial charge >= 0.3 is 0 Å². The van der Waals surface area contributed by atoms with Gasteiger partial charge in [0.05, 0.1) is 12.7 Å². The molecule has 1 fully saturated rings. The summed E-state index contributed by atoms with van der Waals surface area (Å²) in [6.07, 6.45) is 3.64. The minimum absolute atomic E-state index is 0.0834. The van der Waals surface area contributed by atoms with Crippen LogP contribution in [-0.4, -0.2) is 18.3 Å². The molecule has 2 heterocycles. The highest BCUT2D eigenvalue weighted by molar-refractivity contribution is 5.39. The number of benzene rings is 1. The lowest BCUT2D eigenvalue weighted by Gasteiger charge is -2.45. The zero-order chi connectivity index (χ0) is 13.5. The molecule has 3 unspecified atom stereocenters. The number of hydrogen-bond acceptors (Lipinski definition) is 3. The second-order valence-corrected chi connectivity index (χ2v) is 5.63. The van der Waals surface area contributed by atoms with Crippen molar-refractivity contribution in [2.75, 3.05) is 6.61 Å². The second kappa shape index (κ2) is 4.76. The van der Waals surface area contributed by atoms with Crippen molar-refractivity contribution in [1.29, 1.82) is 0 Å². The third-order valence-electron chi connectivity index (χ3n) is 4.26. The largest absolute Gasteiger partial charge is 0.487 e. The van der Waals surface area contributed by atoms with Crippen molar-refractivity contribution in [3.8, 4) is 5.75 Å². The SMILES string of the molecule is CCC1CC2(CCO1)CC(N)c1ccc(F)cc1O2. The van der Waals surface area contributed by atoms with Crippen LogP contribution < -0.4 is 10.5 Å². The molecule has 1 saturated heterocycles. The maximum absolute atomic E-state index is 13.4. The van der Waals surface area contributed by atoms with Gasteiger partial charge in [0, 0.05) is 36.9 Å². The van der Waals surface area contributed by atoms with Crippen LogP contribution in [0, 0.1) is 5.82 Å². The van der Waals surface area contributed by atoms with Gasteiger partial charge in [-0.1, -0.05) is 13.0 Å². The van der Waals surface area contributed by atoms with E-state index in [9.17, 15) is 4.39 Å². The number of fused-ring (bicyclic) bond motifs is 1. The summed E-state index contributed by atoms with van der Waals surface area (Å²) in [7, 11) is 0. The normalized spacial score (nSPS) is 33.8. The van der Waals surface area contributed by atoms with Gasteiger partial charge in [-0.25, -0.2) is 4.39 Å². The molecule has 2 aliphatic rings. The summed E-state index contributed by atoms with van der Waals surface area (Å²) in [5, 5.41) is 0. The van der Waals surface area contributed by atoms with Crippen LogP contribution in [0.4, 0.5) is 4.39 Å². The van der Waals surface area contributed by atoms with Gasteiger partial charge in [-0.2, -0.15) is 0 Å². The molecular formula is C15H20FNO2. The van der Waals surface area contributed by atoms with E-state index >= 15 is 0 Å². The summed E-state index contributed by atoms with van der Waals surface area (Å²) in [6.45, 7) is 2.80. The summed E-state index contributed by atoms with van der Waals surface area (Å²) in [5.74, 6) is 0.331. The summed E-state index contributed by atoms with van der Waals surface area (Å²) < 4.78 is 25.2. The molecule has 1 aromatic rings. The van der Waals surface area contributed by atoms with Gasteiger partial charge < -0.3 is 15.2 Å². The lowest BCUT2D eigenvalue weighted by Crippen LogP contribution is -2.49. The molecule has 4 heteroatoms. The first kappa shape index (κ1) is 12.9. The fraction of sp³-hybridized carbons (Fsp3) is 0.600. The fourth-order valence-corrected chi connectivity index (χ4v) is 3.22. The van der Waals surface area contributed by atoms with E-state index < -0.39 is 0 Å². The molecule has 3 nitrogen and oxygen atoms in total. The minimum atomic E-state index is -0.279. The molecule has 0 aromatic heterocycles. The minimum Gasteiger partial charge on any atom is -0.487 e. The Morgan fingerprint density at radius 2 is 2.26 bits per heavy atom. The Bertz CT molecular complexity index is 479. The lowest BCUT2D eigenvalue weighted by molar-refractivity contribution is -0.102. The van der Waals surface area contributed by atoms with Gasteiger partial charge in [-0.15, -0.1) is 0 Å². The maximum Gasteiger partial charge on any atom is 0.127 e. The first-order valence-corrected chi connectivity index (χ1v) is 6.97. The Kier molecular flexibility index (Phi) is 3.23. The van der Waals surface area contributed by atoms with Crippen LogP contribution in [0.3, 0.4) is 0 Å². The third kappa shape index (κ3) is 2.35. The molecule has 0 saturated carbocycles. The molecule has 1 spiro atoms. The molecule has 0 radical (unpaired) electrons. The van der Waals surface area contributed by atoms with Gasteiger partial charge in [0.25, 0.3) is 0 Å². The monoisotopic (exact) mass is 265 g/mol. The van der Waals surface area contributed by atoms with Gasteiger partial charge in [-0.05, 0) is 12.5 Å². The van der Waals surface area contributed by atoms with Crippen LogP contribution in [0.25, 0.3) is 0 Å². The zero-order valence-corrected chi connectivity index (χ0v) is 11.2. The Morgan fingerprint density at radius 3 is 3.05 bits per heavy atom. The average Bonchev–Trinajstić information content (AvgIpc) is 2.38. The smallest absolute Gasteiger partial charge is 0.127 e. The quantitative estimate of drug-likeness (QED) is 0.849. The Balaban J connectivity index is 1.90. The fourth-order valence-electron chi connectivity index (χ4n) is 3.22. The highest BCUT2D eigenvalue weighted by atomic mass is 19.1. The van der Waals surface area contributed by atoms with Crippen LogP contribution in [0.15, 0.2) is 18.2 Å². The first-order chi connectivity index (χ1) is 9.12. The van der Waals surface area contributed by atoms with Crippen molar-refractivity contribution in [2.45, 2.75) is 50.4 Å². The number of rotatable bonds is 1. The van der Waals surface area contributed by atoms with E-state index in [0.717, 1.165) is 31.2 Å². The highest BCUT2D eigenvalue weighted by Crippen LogP contribution is 2.44. The van der Waals surface area contributed by atoms with Crippen molar-refractivity contribution in [3.05, 3.63) is 29.6 Å². The van der Waals surface area contributed by atoms with Crippen LogP contribution >= 0.6 is 0 Å². The van der Waals surface area contributed by atoms with E-state index in [4.69, 9.17) is 15.2 Å². The molecule has 104 valence electrons. The van der Waals surface area contributed by atoms with Crippen LogP contribution in [0.5, 0.6) is 5.75 Å². The van der Waals surface area contributed by atoms with Crippen LogP contribution in [-0.2, 0) is 4.74 Å². The molecule has 3 rings (SSSR count). The summed E-state index contributed by atoms with van der Waals surface area (Å²) in [5.41, 5.74) is 6.88. The zero-order valence-electron chi connectivity index (χ0n) is 11.2. The van der Waals surface area contributed by atoms with Crippen molar-refractivity contribution < 1.29 is 13.9 Å². The molecule has 3 atom stereocenters. The number of nitrogens with two attached hydrogens (primary N) is 1. The predicted octanol–water partition coefficient (Wildman–Crippen LogP) is 2.94. The standard InChI is InChI=1S/C15H20FNO2/c1-2-11-8-15(5-6-18-11)9-13(17)12-4-3-10(16)7-14(12)19-15/h3-4,7,11,13H,2,5-6,8-9,17H2,1H3. The molecule has 2 aliphatic heterocycles. The van der Waals surface area contributed by atoms with Crippen molar-refractivity contribution in [2.24, 2.45) is 5.73 Å². The highest BCUT2D eigenvalue weighted by Gasteiger charge is 2.43. The van der Waals surface area contributed by atoms with Crippen molar-refractivity contribution in [1.82, 2.24) is 0 Å². The molecule has 19 heavy (non-hydrogen) atoms. The molecule has 0 bridgehead atoms. The van der Waals surface area contributed by atoms with Crippen molar-refractivity contribution >= 4 is 0 Å². The first-order valence-electron chi connectivity index (χ1n) is 6.97. The Labute approximate surface area is 112 Å². The van der Waals surface area contributed by atoms with E-state index in [1.807, 2.05) is 0 Å². The van der Waals surface area contributed by atoms with Crippen molar-refractivity contribution in [3.63, 3.8) is 0 Å². The van der Waals surface area contributed by atoms with Gasteiger partial charge in [0.2, 0.25) is 0 Å². The third-order valence-corrected chi connectivity index (χ3v) is 4.26. The summed E-state index contributed by atoms with van der Waals surface area (Å²) >= 11 is 0. The molecule has 0 aliphatic carbocycles. The van der Waals surface area contributed by atoms with E-state index in [1.165, 1.54) is 12.1 Å². The topological polar surface area (TPSA) is 44.5 Å². The van der Waals surface area contributed by atoms with Gasteiger partial charge in [0.1, 0.15) is 17.2 Å².